The number of carboxylic acid groups (broad SMARTS) is 1. The minimum atomic E-state index is -1.22. The summed E-state index contributed by atoms with van der Waals surface area (Å²) >= 11 is 0. The summed E-state index contributed by atoms with van der Waals surface area (Å²) in [6.45, 7) is 1.44. The topological polar surface area (TPSA) is 110 Å². The van der Waals surface area contributed by atoms with Gasteiger partial charge >= 0.3 is 5.97 Å². The molecule has 0 amide bonds. The van der Waals surface area contributed by atoms with Gasteiger partial charge in [0.1, 0.15) is 0 Å². The molecule has 0 aliphatic rings. The second-order valence-electron chi connectivity index (χ2n) is 2.64. The maximum atomic E-state index is 10.6. The third kappa shape index (κ3) is 1.85. The Morgan fingerprint density at radius 3 is 2.85 bits per heavy atom. The number of nitrogens with two attached hydrogens (primary N) is 1. The van der Waals surface area contributed by atoms with Crippen molar-refractivity contribution in [1.82, 2.24) is 4.98 Å². The van der Waals surface area contributed by atoms with Gasteiger partial charge in [0.05, 0.1) is 12.1 Å². The molecule has 6 heteroatoms. The predicted octanol–water partition coefficient (Wildman–Crippen LogP) is -0.247. The first-order valence-corrected chi connectivity index (χ1v) is 3.64. The zero-order valence-electron chi connectivity index (χ0n) is 6.97. The summed E-state index contributed by atoms with van der Waals surface area (Å²) in [7, 11) is 0. The Hall–Kier alpha value is -1.40. The molecule has 0 saturated heterocycles. The van der Waals surface area contributed by atoms with Gasteiger partial charge in [0.15, 0.2) is 17.8 Å². The van der Waals surface area contributed by atoms with Crippen LogP contribution in [0.4, 0.5) is 0 Å². The number of rotatable bonds is 3. The lowest BCUT2D eigenvalue weighted by Gasteiger charge is -2.11. The third-order valence-corrected chi connectivity index (χ3v) is 1.62. The fraction of sp³-hybridized carbons (Fsp3) is 0.429. The quantitative estimate of drug-likeness (QED) is 0.600. The summed E-state index contributed by atoms with van der Waals surface area (Å²) in [5.74, 6) is -1.23. The fourth-order valence-electron chi connectivity index (χ4n) is 0.871. The molecular formula is C7H10N2O4. The van der Waals surface area contributed by atoms with E-state index < -0.39 is 18.1 Å². The first-order valence-electron chi connectivity index (χ1n) is 3.64. The smallest absolute Gasteiger partial charge is 0.358 e. The summed E-state index contributed by atoms with van der Waals surface area (Å²) < 4.78 is 4.77. The lowest BCUT2D eigenvalue weighted by atomic mass is 10.1. The molecular weight excluding hydrogens is 176 g/mol. The molecule has 1 aromatic heterocycles. The molecule has 1 heterocycles. The molecule has 1 rings (SSSR count). The van der Waals surface area contributed by atoms with Gasteiger partial charge in [-0.05, 0) is 6.92 Å². The average molecular weight is 186 g/mol. The van der Waals surface area contributed by atoms with Gasteiger partial charge in [-0.2, -0.15) is 0 Å². The normalized spacial score (nSPS) is 15.3. The van der Waals surface area contributed by atoms with E-state index in [9.17, 15) is 4.79 Å². The van der Waals surface area contributed by atoms with Crippen LogP contribution in [0.5, 0.6) is 0 Å². The summed E-state index contributed by atoms with van der Waals surface area (Å²) in [6.07, 6.45) is 0.104. The minimum absolute atomic E-state index is 0.0116. The highest BCUT2D eigenvalue weighted by Gasteiger charge is 2.24. The van der Waals surface area contributed by atoms with E-state index in [4.69, 9.17) is 20.4 Å². The van der Waals surface area contributed by atoms with E-state index in [0.29, 0.717) is 0 Å². The van der Waals surface area contributed by atoms with Gasteiger partial charge in [-0.25, -0.2) is 9.78 Å². The Morgan fingerprint density at radius 2 is 2.38 bits per heavy atom. The number of carboxylic acids is 1. The zero-order valence-corrected chi connectivity index (χ0v) is 6.97. The van der Waals surface area contributed by atoms with Crippen molar-refractivity contribution in [1.29, 1.82) is 0 Å². The highest BCUT2D eigenvalue weighted by molar-refractivity contribution is 5.86. The van der Waals surface area contributed by atoms with Gasteiger partial charge in [0.25, 0.3) is 0 Å². The molecule has 0 aromatic carbocycles. The summed E-state index contributed by atoms with van der Waals surface area (Å²) in [4.78, 5) is 14.0. The second-order valence-corrected chi connectivity index (χ2v) is 2.64. The molecule has 0 bridgehead atoms. The van der Waals surface area contributed by atoms with E-state index in [1.54, 1.807) is 0 Å². The molecule has 6 nitrogen and oxygen atoms in total. The molecule has 0 spiro atoms. The van der Waals surface area contributed by atoms with Crippen LogP contribution < -0.4 is 5.73 Å². The number of aliphatic hydroxyl groups is 1. The molecule has 0 unspecified atom stereocenters. The predicted molar refractivity (Wildman–Crippen MR) is 42.1 cm³/mol. The molecule has 1 aromatic rings. The lowest BCUT2D eigenvalue weighted by Crippen LogP contribution is -2.24. The van der Waals surface area contributed by atoms with Gasteiger partial charge in [-0.15, -0.1) is 0 Å². The van der Waals surface area contributed by atoms with E-state index in [1.807, 2.05) is 0 Å². The Bertz CT molecular complexity index is 307. The van der Waals surface area contributed by atoms with Crippen molar-refractivity contribution >= 4 is 5.97 Å². The Labute approximate surface area is 74.0 Å². The maximum Gasteiger partial charge on any atom is 0.358 e. The van der Waals surface area contributed by atoms with E-state index in [2.05, 4.69) is 4.98 Å². The molecule has 0 aliphatic carbocycles. The van der Waals surface area contributed by atoms with Gasteiger partial charge in [-0.3, -0.25) is 0 Å². The van der Waals surface area contributed by atoms with Gasteiger partial charge in [-0.1, -0.05) is 0 Å². The van der Waals surface area contributed by atoms with Crippen molar-refractivity contribution in [2.24, 2.45) is 5.73 Å². The van der Waals surface area contributed by atoms with E-state index in [0.717, 1.165) is 6.39 Å². The SMILES string of the molecule is C[C@@H](O)[C@H](N)c1ocnc1C(=O)O. The van der Waals surface area contributed by atoms with Crippen LogP contribution in [0.15, 0.2) is 10.8 Å². The lowest BCUT2D eigenvalue weighted by molar-refractivity contribution is 0.0685. The highest BCUT2D eigenvalue weighted by Crippen LogP contribution is 2.17. The molecule has 0 saturated carbocycles. The Morgan fingerprint density at radius 1 is 1.77 bits per heavy atom. The molecule has 2 atom stereocenters. The first kappa shape index (κ1) is 9.69. The molecule has 0 aliphatic heterocycles. The van der Waals surface area contributed by atoms with Crippen LogP contribution >= 0.6 is 0 Å². The van der Waals surface area contributed by atoms with Crippen molar-refractivity contribution in [2.45, 2.75) is 19.1 Å². The summed E-state index contributed by atoms with van der Waals surface area (Å²) in [5.41, 5.74) is 5.22. The van der Waals surface area contributed by atoms with Gasteiger partial charge < -0.3 is 20.4 Å². The Balaban J connectivity index is 3.00. The standard InChI is InChI=1S/C7H10N2O4/c1-3(10)4(8)6-5(7(11)12)9-2-13-6/h2-4,10H,8H2,1H3,(H,11,12)/t3-,4+/m1/s1. The maximum absolute atomic E-state index is 10.6. The largest absolute Gasteiger partial charge is 0.476 e. The van der Waals surface area contributed by atoms with Crippen molar-refractivity contribution in [3.63, 3.8) is 0 Å². The zero-order chi connectivity index (χ0) is 10.0. The summed E-state index contributed by atoms with van der Waals surface area (Å²) in [6, 6.07) is -0.867. The molecule has 0 radical (unpaired) electrons. The van der Waals surface area contributed by atoms with Crippen molar-refractivity contribution in [2.75, 3.05) is 0 Å². The van der Waals surface area contributed by atoms with Crippen LogP contribution in [-0.2, 0) is 0 Å². The summed E-state index contributed by atoms with van der Waals surface area (Å²) in [5, 5.41) is 17.7. The number of hydrogen-bond acceptors (Lipinski definition) is 5. The third-order valence-electron chi connectivity index (χ3n) is 1.62. The number of oxazole rings is 1. The first-order chi connectivity index (χ1) is 6.04. The van der Waals surface area contributed by atoms with Gasteiger partial charge in [0.2, 0.25) is 0 Å². The van der Waals surface area contributed by atoms with Crippen LogP contribution in [0.25, 0.3) is 0 Å². The number of carbonyl (C=O) groups is 1. The van der Waals surface area contributed by atoms with Crippen molar-refractivity contribution in [3.05, 3.63) is 17.8 Å². The second kappa shape index (κ2) is 3.55. The molecule has 13 heavy (non-hydrogen) atoms. The van der Waals surface area contributed by atoms with Crippen LogP contribution in [-0.4, -0.2) is 27.3 Å². The van der Waals surface area contributed by atoms with Crippen molar-refractivity contribution in [3.8, 4) is 0 Å². The Kier molecular flexibility index (Phi) is 2.64. The van der Waals surface area contributed by atoms with Crippen LogP contribution in [0.1, 0.15) is 29.2 Å². The fourth-order valence-corrected chi connectivity index (χ4v) is 0.871. The van der Waals surface area contributed by atoms with Crippen LogP contribution in [0.2, 0.25) is 0 Å². The number of aromatic carboxylic acids is 1. The molecule has 0 fully saturated rings. The number of aromatic nitrogens is 1. The molecule has 4 N–H and O–H groups in total. The highest BCUT2D eigenvalue weighted by atomic mass is 16.4. The van der Waals surface area contributed by atoms with E-state index >= 15 is 0 Å². The monoisotopic (exact) mass is 186 g/mol. The number of nitrogens with zero attached hydrogens (tertiary/aromatic N) is 1. The molecule has 72 valence electrons. The van der Waals surface area contributed by atoms with E-state index in [-0.39, 0.29) is 11.5 Å². The average Bonchev–Trinajstić information content (AvgIpc) is 2.50. The minimum Gasteiger partial charge on any atom is -0.476 e. The van der Waals surface area contributed by atoms with Crippen LogP contribution in [0, 0.1) is 0 Å². The number of hydrogen-bond donors (Lipinski definition) is 3. The van der Waals surface area contributed by atoms with Gasteiger partial charge in [0, 0.05) is 0 Å². The van der Waals surface area contributed by atoms with Crippen LogP contribution in [0.3, 0.4) is 0 Å². The number of aliphatic hydroxyl groups excluding tert-OH is 1. The van der Waals surface area contributed by atoms with E-state index in [1.165, 1.54) is 6.92 Å². The van der Waals surface area contributed by atoms with Crippen molar-refractivity contribution < 1.29 is 19.4 Å².